The average Bonchev–Trinajstić information content (AvgIpc) is 3.46. The Morgan fingerprint density at radius 2 is 1.76 bits per heavy atom. The van der Waals surface area contributed by atoms with E-state index in [1.807, 2.05) is 42.5 Å². The van der Waals surface area contributed by atoms with Crippen molar-refractivity contribution >= 4 is 29.2 Å². The first-order valence-electron chi connectivity index (χ1n) is 12.9. The number of rotatable bonds is 7. The number of para-hydroxylation sites is 1. The zero-order valence-electron chi connectivity index (χ0n) is 21.2. The van der Waals surface area contributed by atoms with Gasteiger partial charge in [-0.25, -0.2) is 0 Å². The second-order valence-electron chi connectivity index (χ2n) is 9.72. The third-order valence-corrected chi connectivity index (χ3v) is 7.65. The molecule has 4 aromatic rings. The normalized spacial score (nSPS) is 19.6. The van der Waals surface area contributed by atoms with Crippen LogP contribution in [0.2, 0.25) is 5.02 Å². The summed E-state index contributed by atoms with van der Waals surface area (Å²) >= 11 is 6.57. The number of halogens is 1. The Kier molecular flexibility index (Phi) is 6.89. The van der Waals surface area contributed by atoms with Crippen molar-refractivity contribution < 1.29 is 9.47 Å². The van der Waals surface area contributed by atoms with Crippen LogP contribution in [0, 0.1) is 5.92 Å². The number of nitrogens with one attached hydrogen (secondary N) is 1. The van der Waals surface area contributed by atoms with Crippen LogP contribution < -0.4 is 14.8 Å². The van der Waals surface area contributed by atoms with E-state index in [2.05, 4.69) is 66.0 Å². The van der Waals surface area contributed by atoms with Gasteiger partial charge in [-0.2, -0.15) is 0 Å². The van der Waals surface area contributed by atoms with E-state index in [1.54, 1.807) is 13.3 Å². The molecule has 1 heterocycles. The Bertz CT molecular complexity index is 1480. The predicted octanol–water partition coefficient (Wildman–Crippen LogP) is 8.50. The lowest BCUT2D eigenvalue weighted by Crippen LogP contribution is -2.28. The molecule has 1 N–H and O–H groups in total. The number of ether oxygens (including phenoxy) is 2. The summed E-state index contributed by atoms with van der Waals surface area (Å²) in [6.45, 7) is 0.413. The molecule has 0 saturated heterocycles. The smallest absolute Gasteiger partial charge is 0.180 e. The SMILES string of the molecule is COc1cc(C=Nc2ccc([C@@H]3Nc4ccccc4[C@H]4C=CC[C@@H]43)cc2)cc(Cl)c1OCc1ccccc1. The van der Waals surface area contributed by atoms with E-state index >= 15 is 0 Å². The zero-order valence-corrected chi connectivity index (χ0v) is 21.9. The molecule has 4 aromatic carbocycles. The van der Waals surface area contributed by atoms with Crippen molar-refractivity contribution in [3.05, 3.63) is 130 Å². The molecule has 38 heavy (non-hydrogen) atoms. The maximum absolute atomic E-state index is 6.57. The van der Waals surface area contributed by atoms with Gasteiger partial charge in [-0.05, 0) is 64.9 Å². The summed E-state index contributed by atoms with van der Waals surface area (Å²) in [6.07, 6.45) is 7.58. The molecule has 0 saturated carbocycles. The second-order valence-corrected chi connectivity index (χ2v) is 10.1. The number of anilines is 1. The van der Waals surface area contributed by atoms with Crippen LogP contribution in [0.15, 0.2) is 108 Å². The quantitative estimate of drug-likeness (QED) is 0.196. The van der Waals surface area contributed by atoms with Gasteiger partial charge >= 0.3 is 0 Å². The van der Waals surface area contributed by atoms with Crippen LogP contribution in [0.3, 0.4) is 0 Å². The molecule has 0 amide bonds. The van der Waals surface area contributed by atoms with E-state index in [4.69, 9.17) is 26.1 Å². The molecule has 3 atom stereocenters. The van der Waals surface area contributed by atoms with E-state index in [0.717, 1.165) is 23.2 Å². The molecule has 4 nitrogen and oxygen atoms in total. The first kappa shape index (κ1) is 24.3. The molecule has 0 bridgehead atoms. The first-order valence-corrected chi connectivity index (χ1v) is 13.3. The van der Waals surface area contributed by atoms with E-state index in [-0.39, 0.29) is 6.04 Å². The average molecular weight is 521 g/mol. The second kappa shape index (κ2) is 10.8. The highest BCUT2D eigenvalue weighted by Crippen LogP contribution is 2.49. The van der Waals surface area contributed by atoms with Crippen molar-refractivity contribution in [2.75, 3.05) is 12.4 Å². The Hall–Kier alpha value is -4.02. The standard InChI is InChI=1S/C33H29ClN2O2/c1-37-31-19-23(18-29(34)33(31)38-21-22-8-3-2-4-9-22)20-35-25-16-14-24(15-17-25)32-28-12-7-11-26(28)27-10-5-6-13-30(27)36-32/h2-11,13-20,26,28,32,36H,12,21H2,1H3/t26-,28+,32+/m1/s1. The lowest BCUT2D eigenvalue weighted by molar-refractivity contribution is 0.284. The predicted molar refractivity (Wildman–Crippen MR) is 155 cm³/mol. The molecule has 0 spiro atoms. The molecular weight excluding hydrogens is 492 g/mol. The van der Waals surface area contributed by atoms with Gasteiger partial charge in [0.2, 0.25) is 0 Å². The topological polar surface area (TPSA) is 42.8 Å². The molecule has 0 fully saturated rings. The Morgan fingerprint density at radius 1 is 0.974 bits per heavy atom. The minimum absolute atomic E-state index is 0.273. The van der Waals surface area contributed by atoms with Crippen LogP contribution >= 0.6 is 11.6 Å². The number of hydrogen-bond acceptors (Lipinski definition) is 4. The lowest BCUT2D eigenvalue weighted by atomic mass is 9.77. The summed E-state index contributed by atoms with van der Waals surface area (Å²) < 4.78 is 11.5. The fraction of sp³-hybridized carbons (Fsp3) is 0.182. The van der Waals surface area contributed by atoms with Gasteiger partial charge < -0.3 is 14.8 Å². The van der Waals surface area contributed by atoms with Gasteiger partial charge in [0.15, 0.2) is 11.5 Å². The van der Waals surface area contributed by atoms with E-state index < -0.39 is 0 Å². The third-order valence-electron chi connectivity index (χ3n) is 7.36. The molecule has 2 aliphatic rings. The van der Waals surface area contributed by atoms with Gasteiger partial charge in [-0.15, -0.1) is 0 Å². The van der Waals surface area contributed by atoms with Crippen molar-refractivity contribution in [1.29, 1.82) is 0 Å². The summed E-state index contributed by atoms with van der Waals surface area (Å²) in [4.78, 5) is 4.69. The van der Waals surface area contributed by atoms with Crippen LogP contribution in [0.25, 0.3) is 0 Å². The molecule has 1 aliphatic heterocycles. The number of benzene rings is 4. The molecule has 1 aliphatic carbocycles. The number of hydrogen-bond donors (Lipinski definition) is 1. The zero-order chi connectivity index (χ0) is 25.9. The van der Waals surface area contributed by atoms with E-state index in [1.165, 1.54) is 16.8 Å². The van der Waals surface area contributed by atoms with Crippen LogP contribution in [-0.4, -0.2) is 13.3 Å². The van der Waals surface area contributed by atoms with E-state index in [0.29, 0.717) is 35.0 Å². The first-order chi connectivity index (χ1) is 18.7. The monoisotopic (exact) mass is 520 g/mol. The summed E-state index contributed by atoms with van der Waals surface area (Å²) in [6, 6.07) is 31.1. The lowest BCUT2D eigenvalue weighted by Gasteiger charge is -2.37. The van der Waals surface area contributed by atoms with Crippen molar-refractivity contribution in [1.82, 2.24) is 0 Å². The number of nitrogens with zero attached hydrogens (tertiary/aromatic N) is 1. The molecule has 190 valence electrons. The maximum Gasteiger partial charge on any atom is 0.180 e. The van der Waals surface area contributed by atoms with Crippen LogP contribution in [0.4, 0.5) is 11.4 Å². The molecule has 0 unspecified atom stereocenters. The summed E-state index contributed by atoms with van der Waals surface area (Å²) in [5, 5.41) is 4.27. The van der Waals surface area contributed by atoms with Crippen molar-refractivity contribution in [2.45, 2.75) is 25.0 Å². The van der Waals surface area contributed by atoms with Crippen molar-refractivity contribution in [2.24, 2.45) is 10.9 Å². The fourth-order valence-corrected chi connectivity index (χ4v) is 5.75. The highest BCUT2D eigenvalue weighted by molar-refractivity contribution is 6.32. The van der Waals surface area contributed by atoms with Crippen LogP contribution in [-0.2, 0) is 6.61 Å². The number of allylic oxidation sites excluding steroid dienone is 2. The maximum atomic E-state index is 6.57. The Balaban J connectivity index is 1.17. The van der Waals surface area contributed by atoms with Crippen LogP contribution in [0.5, 0.6) is 11.5 Å². The van der Waals surface area contributed by atoms with Crippen molar-refractivity contribution in [3.63, 3.8) is 0 Å². The fourth-order valence-electron chi connectivity index (χ4n) is 5.47. The molecule has 6 rings (SSSR count). The number of fused-ring (bicyclic) bond motifs is 3. The Labute approximate surface area is 228 Å². The largest absolute Gasteiger partial charge is 0.493 e. The van der Waals surface area contributed by atoms with E-state index in [9.17, 15) is 0 Å². The summed E-state index contributed by atoms with van der Waals surface area (Å²) in [7, 11) is 1.61. The minimum atomic E-state index is 0.273. The molecule has 0 aromatic heterocycles. The minimum Gasteiger partial charge on any atom is -0.493 e. The van der Waals surface area contributed by atoms with Gasteiger partial charge in [0, 0.05) is 17.8 Å². The highest BCUT2D eigenvalue weighted by atomic mass is 35.5. The van der Waals surface area contributed by atoms with Gasteiger partial charge in [0.05, 0.1) is 23.9 Å². The van der Waals surface area contributed by atoms with Gasteiger partial charge in [-0.1, -0.05) is 84.4 Å². The number of aliphatic imine (C=N–C) groups is 1. The van der Waals surface area contributed by atoms with Gasteiger partial charge in [0.25, 0.3) is 0 Å². The van der Waals surface area contributed by atoms with Gasteiger partial charge in [-0.3, -0.25) is 4.99 Å². The summed E-state index contributed by atoms with van der Waals surface area (Å²) in [5.74, 6) is 2.10. The number of methoxy groups -OCH3 is 1. The van der Waals surface area contributed by atoms with Crippen LogP contribution in [0.1, 0.15) is 40.6 Å². The molecule has 5 heteroatoms. The van der Waals surface area contributed by atoms with Gasteiger partial charge in [0.1, 0.15) is 6.61 Å². The third kappa shape index (κ3) is 4.92. The summed E-state index contributed by atoms with van der Waals surface area (Å²) in [5.41, 5.74) is 6.69. The highest BCUT2D eigenvalue weighted by Gasteiger charge is 2.37. The van der Waals surface area contributed by atoms with Crippen molar-refractivity contribution in [3.8, 4) is 11.5 Å². The molecule has 0 radical (unpaired) electrons. The Morgan fingerprint density at radius 3 is 2.58 bits per heavy atom. The molecular formula is C33H29ClN2O2.